The van der Waals surface area contributed by atoms with Gasteiger partial charge in [0.15, 0.2) is 0 Å². The number of amides is 1. The normalized spacial score (nSPS) is 12.7. The first-order chi connectivity index (χ1) is 11.0. The standard InChI is InChI=1S/C18H22N4O/c1-12(2)10-17-20-15-7-6-14(11-16(15)21-17)19-18(23)13(3)22-8-4-5-9-22/h4-9,11-13H,10H2,1-3H3,(H,19,23)(H,20,21). The van der Waals surface area contributed by atoms with E-state index in [4.69, 9.17) is 0 Å². The van der Waals surface area contributed by atoms with Crippen molar-refractivity contribution in [3.63, 3.8) is 0 Å². The SMILES string of the molecule is CC(C)Cc1nc2ccc(NC(=O)C(C)n3cccc3)cc2[nH]1. The largest absolute Gasteiger partial charge is 0.342 e. The molecule has 1 amide bonds. The summed E-state index contributed by atoms with van der Waals surface area (Å²) in [5.41, 5.74) is 2.66. The lowest BCUT2D eigenvalue weighted by atomic mass is 10.1. The Morgan fingerprint density at radius 2 is 2.00 bits per heavy atom. The van der Waals surface area contributed by atoms with Crippen molar-refractivity contribution in [2.45, 2.75) is 33.2 Å². The van der Waals surface area contributed by atoms with Gasteiger partial charge in [0.25, 0.3) is 0 Å². The Hall–Kier alpha value is -2.56. The average Bonchev–Trinajstić information content (AvgIpc) is 3.13. The number of H-pyrrole nitrogens is 1. The molecule has 1 unspecified atom stereocenters. The lowest BCUT2D eigenvalue weighted by molar-refractivity contribution is -0.118. The lowest BCUT2D eigenvalue weighted by Crippen LogP contribution is -2.22. The number of fused-ring (bicyclic) bond motifs is 1. The highest BCUT2D eigenvalue weighted by molar-refractivity contribution is 5.95. The fraction of sp³-hybridized carbons (Fsp3) is 0.333. The predicted octanol–water partition coefficient (Wildman–Crippen LogP) is 3.76. The van der Waals surface area contributed by atoms with Crippen molar-refractivity contribution in [2.75, 3.05) is 5.32 Å². The maximum Gasteiger partial charge on any atom is 0.247 e. The lowest BCUT2D eigenvalue weighted by Gasteiger charge is -2.13. The number of nitrogens with zero attached hydrogens (tertiary/aromatic N) is 2. The van der Waals surface area contributed by atoms with Crippen molar-refractivity contribution in [3.05, 3.63) is 48.5 Å². The highest BCUT2D eigenvalue weighted by Gasteiger charge is 2.14. The minimum absolute atomic E-state index is 0.0394. The van der Waals surface area contributed by atoms with Crippen LogP contribution >= 0.6 is 0 Å². The van der Waals surface area contributed by atoms with E-state index < -0.39 is 0 Å². The molecular formula is C18H22N4O. The highest BCUT2D eigenvalue weighted by Crippen LogP contribution is 2.19. The van der Waals surface area contributed by atoms with Gasteiger partial charge in [-0.1, -0.05) is 13.8 Å². The summed E-state index contributed by atoms with van der Waals surface area (Å²) in [7, 11) is 0. The molecule has 0 bridgehead atoms. The Balaban J connectivity index is 1.76. The van der Waals surface area contributed by atoms with Gasteiger partial charge in [-0.2, -0.15) is 0 Å². The highest BCUT2D eigenvalue weighted by atomic mass is 16.2. The summed E-state index contributed by atoms with van der Waals surface area (Å²) in [6.07, 6.45) is 4.70. The van der Waals surface area contributed by atoms with Crippen LogP contribution in [0.4, 0.5) is 5.69 Å². The quantitative estimate of drug-likeness (QED) is 0.753. The Labute approximate surface area is 135 Å². The van der Waals surface area contributed by atoms with Gasteiger partial charge in [-0.05, 0) is 43.2 Å². The van der Waals surface area contributed by atoms with E-state index >= 15 is 0 Å². The summed E-state index contributed by atoms with van der Waals surface area (Å²) in [6.45, 7) is 6.22. The van der Waals surface area contributed by atoms with E-state index in [1.54, 1.807) is 0 Å². The van der Waals surface area contributed by atoms with Crippen LogP contribution in [0.2, 0.25) is 0 Å². The monoisotopic (exact) mass is 310 g/mol. The van der Waals surface area contributed by atoms with Gasteiger partial charge in [0.1, 0.15) is 11.9 Å². The topological polar surface area (TPSA) is 62.7 Å². The molecule has 0 radical (unpaired) electrons. The van der Waals surface area contributed by atoms with Crippen LogP contribution in [0.5, 0.6) is 0 Å². The zero-order valence-corrected chi connectivity index (χ0v) is 13.7. The summed E-state index contributed by atoms with van der Waals surface area (Å²) in [5, 5.41) is 2.96. The van der Waals surface area contributed by atoms with Crippen molar-refractivity contribution < 1.29 is 4.79 Å². The number of anilines is 1. The number of nitrogens with one attached hydrogen (secondary N) is 2. The van der Waals surface area contributed by atoms with Gasteiger partial charge < -0.3 is 14.9 Å². The summed E-state index contributed by atoms with van der Waals surface area (Å²) in [6, 6.07) is 9.34. The minimum Gasteiger partial charge on any atom is -0.342 e. The van der Waals surface area contributed by atoms with Crippen LogP contribution in [0.1, 0.15) is 32.6 Å². The van der Waals surface area contributed by atoms with Crippen LogP contribution in [0.15, 0.2) is 42.7 Å². The predicted molar refractivity (Wildman–Crippen MR) is 92.4 cm³/mol. The number of aromatic nitrogens is 3. The maximum absolute atomic E-state index is 12.3. The molecule has 5 heteroatoms. The third kappa shape index (κ3) is 3.44. The summed E-state index contributed by atoms with van der Waals surface area (Å²) in [5.74, 6) is 1.50. The third-order valence-electron chi connectivity index (χ3n) is 3.85. The van der Waals surface area contributed by atoms with Crippen LogP contribution in [-0.2, 0) is 11.2 Å². The second-order valence-electron chi connectivity index (χ2n) is 6.31. The maximum atomic E-state index is 12.3. The molecule has 0 spiro atoms. The number of carbonyl (C=O) groups is 1. The Morgan fingerprint density at radius 3 is 2.70 bits per heavy atom. The third-order valence-corrected chi connectivity index (χ3v) is 3.85. The summed E-state index contributed by atoms with van der Waals surface area (Å²) >= 11 is 0. The second-order valence-corrected chi connectivity index (χ2v) is 6.31. The average molecular weight is 310 g/mol. The minimum atomic E-state index is -0.251. The smallest absolute Gasteiger partial charge is 0.247 e. The molecule has 2 aromatic heterocycles. The molecule has 23 heavy (non-hydrogen) atoms. The molecule has 5 nitrogen and oxygen atoms in total. The first-order valence-electron chi connectivity index (χ1n) is 7.95. The molecule has 1 atom stereocenters. The molecule has 0 aliphatic heterocycles. The van der Waals surface area contributed by atoms with Crippen molar-refractivity contribution >= 4 is 22.6 Å². The zero-order chi connectivity index (χ0) is 16.4. The molecule has 2 heterocycles. The van der Waals surface area contributed by atoms with Gasteiger partial charge in [-0.3, -0.25) is 4.79 Å². The van der Waals surface area contributed by atoms with Crippen molar-refractivity contribution in [3.8, 4) is 0 Å². The van der Waals surface area contributed by atoms with Gasteiger partial charge >= 0.3 is 0 Å². The van der Waals surface area contributed by atoms with Crippen LogP contribution in [0, 0.1) is 5.92 Å². The number of benzene rings is 1. The summed E-state index contributed by atoms with van der Waals surface area (Å²) < 4.78 is 1.88. The molecule has 0 aliphatic rings. The van der Waals surface area contributed by atoms with Crippen LogP contribution in [0.25, 0.3) is 11.0 Å². The molecule has 120 valence electrons. The Morgan fingerprint density at radius 1 is 1.26 bits per heavy atom. The number of carbonyl (C=O) groups excluding carboxylic acids is 1. The van der Waals surface area contributed by atoms with Crippen LogP contribution in [0.3, 0.4) is 0 Å². The van der Waals surface area contributed by atoms with Crippen molar-refractivity contribution in [1.29, 1.82) is 0 Å². The molecule has 0 saturated carbocycles. The van der Waals surface area contributed by atoms with Crippen molar-refractivity contribution in [1.82, 2.24) is 14.5 Å². The molecule has 0 aliphatic carbocycles. The van der Waals surface area contributed by atoms with Gasteiger partial charge in [-0.15, -0.1) is 0 Å². The van der Waals surface area contributed by atoms with Gasteiger partial charge in [0, 0.05) is 24.5 Å². The van der Waals surface area contributed by atoms with E-state index in [1.807, 2.05) is 54.2 Å². The van der Waals surface area contributed by atoms with Crippen LogP contribution in [-0.4, -0.2) is 20.4 Å². The number of rotatable bonds is 5. The molecule has 2 N–H and O–H groups in total. The molecule has 3 aromatic rings. The number of aromatic amines is 1. The fourth-order valence-corrected chi connectivity index (χ4v) is 2.61. The summed E-state index contributed by atoms with van der Waals surface area (Å²) in [4.78, 5) is 20.2. The van der Waals surface area contributed by atoms with E-state index in [9.17, 15) is 4.79 Å². The fourth-order valence-electron chi connectivity index (χ4n) is 2.61. The van der Waals surface area contributed by atoms with Crippen LogP contribution < -0.4 is 5.32 Å². The molecule has 3 rings (SSSR count). The first-order valence-corrected chi connectivity index (χ1v) is 7.95. The second kappa shape index (κ2) is 6.28. The molecule has 1 aromatic carbocycles. The number of hydrogen-bond donors (Lipinski definition) is 2. The zero-order valence-electron chi connectivity index (χ0n) is 13.7. The van der Waals surface area contributed by atoms with Gasteiger partial charge in [0.2, 0.25) is 5.91 Å². The van der Waals surface area contributed by atoms with Gasteiger partial charge in [0.05, 0.1) is 11.0 Å². The van der Waals surface area contributed by atoms with E-state index in [0.29, 0.717) is 5.92 Å². The Bertz CT molecular complexity index is 802. The number of imidazole rings is 1. The molecular weight excluding hydrogens is 288 g/mol. The van der Waals surface area contributed by atoms with E-state index in [0.717, 1.165) is 29.0 Å². The van der Waals surface area contributed by atoms with Gasteiger partial charge in [-0.25, -0.2) is 4.98 Å². The Kier molecular flexibility index (Phi) is 4.19. The van der Waals surface area contributed by atoms with E-state index in [-0.39, 0.29) is 11.9 Å². The molecule has 0 fully saturated rings. The van der Waals surface area contributed by atoms with Crippen molar-refractivity contribution in [2.24, 2.45) is 5.92 Å². The van der Waals surface area contributed by atoms with E-state index in [1.165, 1.54) is 0 Å². The number of hydrogen-bond acceptors (Lipinski definition) is 2. The van der Waals surface area contributed by atoms with E-state index in [2.05, 4.69) is 29.1 Å². The first kappa shape index (κ1) is 15.3. The molecule has 0 saturated heterocycles.